The zero-order valence-corrected chi connectivity index (χ0v) is 15.8. The van der Waals surface area contributed by atoms with E-state index in [1.165, 1.54) is 12.8 Å². The summed E-state index contributed by atoms with van der Waals surface area (Å²) in [6.45, 7) is 2.17. The van der Waals surface area contributed by atoms with Gasteiger partial charge in [-0.15, -0.1) is 0 Å². The van der Waals surface area contributed by atoms with Crippen LogP contribution in [0.1, 0.15) is 45.4 Å². The van der Waals surface area contributed by atoms with E-state index in [1.807, 2.05) is 21.1 Å². The number of carbonyl (C=O) groups is 1. The molecule has 2 atom stereocenters. The first-order valence-electron chi connectivity index (χ1n) is 8.13. The first kappa shape index (κ1) is 22.7. The van der Waals surface area contributed by atoms with Crippen molar-refractivity contribution in [2.24, 2.45) is 0 Å². The van der Waals surface area contributed by atoms with E-state index in [2.05, 4.69) is 6.92 Å². The van der Waals surface area contributed by atoms with E-state index in [-0.39, 0.29) is 19.2 Å². The Hall–Kier alpha value is -0.300. The summed E-state index contributed by atoms with van der Waals surface area (Å²) in [4.78, 5) is 21.0. The van der Waals surface area contributed by atoms with Gasteiger partial charge in [0.15, 0.2) is 6.73 Å². The molecule has 0 heterocycles. The Morgan fingerprint density at radius 2 is 1.74 bits per heavy atom. The molecule has 0 aromatic rings. The summed E-state index contributed by atoms with van der Waals surface area (Å²) in [6, 6.07) is 0. The van der Waals surface area contributed by atoms with Crippen LogP contribution in [0.3, 0.4) is 0 Å². The van der Waals surface area contributed by atoms with Crippen molar-refractivity contribution in [1.82, 2.24) is 0 Å². The number of ether oxygens (including phenoxy) is 1. The molecule has 0 aliphatic carbocycles. The Bertz CT molecular complexity index is 311. The van der Waals surface area contributed by atoms with Crippen molar-refractivity contribution in [3.05, 3.63) is 0 Å². The smallest absolute Gasteiger partial charge is 0.334 e. The van der Waals surface area contributed by atoms with Crippen LogP contribution in [0.5, 0.6) is 0 Å². The van der Waals surface area contributed by atoms with Gasteiger partial charge in [-0.05, 0) is 6.42 Å². The van der Waals surface area contributed by atoms with Gasteiger partial charge in [0.05, 0.1) is 27.7 Å². The van der Waals surface area contributed by atoms with Crippen molar-refractivity contribution in [2.75, 3.05) is 41.1 Å². The molecule has 0 saturated heterocycles. The summed E-state index contributed by atoms with van der Waals surface area (Å²) >= 11 is 0. The van der Waals surface area contributed by atoms with Gasteiger partial charge in [-0.25, -0.2) is 0 Å². The van der Waals surface area contributed by atoms with Gasteiger partial charge in [-0.3, -0.25) is 9.32 Å². The van der Waals surface area contributed by atoms with Crippen molar-refractivity contribution in [2.45, 2.75) is 51.6 Å². The minimum atomic E-state index is -2.03. The highest BCUT2D eigenvalue weighted by Gasteiger charge is 2.16. The fourth-order valence-electron chi connectivity index (χ4n) is 1.59. The lowest BCUT2D eigenvalue weighted by molar-refractivity contribution is -0.886. The lowest BCUT2D eigenvalue weighted by Gasteiger charge is -2.24. The molecule has 0 spiro atoms. The first-order valence-corrected chi connectivity index (χ1v) is 9.26. The van der Waals surface area contributed by atoms with Crippen LogP contribution >= 0.6 is 8.60 Å². The largest absolute Gasteiger partial charge is 0.463 e. The van der Waals surface area contributed by atoms with Crippen LogP contribution in [0.15, 0.2) is 0 Å². The SMILES string of the molecule is CCCCCCCC(=O)OCC(O)COP(O)OC[N+](C)(C)C. The Labute approximate surface area is 141 Å². The summed E-state index contributed by atoms with van der Waals surface area (Å²) in [5.41, 5.74) is 0. The summed E-state index contributed by atoms with van der Waals surface area (Å²) in [7, 11) is 3.71. The van der Waals surface area contributed by atoms with Gasteiger partial charge in [0.25, 0.3) is 0 Å². The summed E-state index contributed by atoms with van der Waals surface area (Å²) < 4.78 is 15.6. The summed E-state index contributed by atoms with van der Waals surface area (Å²) in [5, 5.41) is 9.65. The summed E-state index contributed by atoms with van der Waals surface area (Å²) in [5.74, 6) is -0.312. The normalized spacial score (nSPS) is 14.5. The predicted molar refractivity (Wildman–Crippen MR) is 89.4 cm³/mol. The van der Waals surface area contributed by atoms with Crippen LogP contribution < -0.4 is 0 Å². The van der Waals surface area contributed by atoms with E-state index in [4.69, 9.17) is 13.8 Å². The second-order valence-electron chi connectivity index (χ2n) is 6.58. The lowest BCUT2D eigenvalue weighted by atomic mass is 10.1. The second kappa shape index (κ2) is 13.0. The number of esters is 1. The molecule has 23 heavy (non-hydrogen) atoms. The van der Waals surface area contributed by atoms with E-state index in [1.54, 1.807) is 0 Å². The maximum atomic E-state index is 11.5. The van der Waals surface area contributed by atoms with Gasteiger partial charge < -0.3 is 23.7 Å². The number of hydrogen-bond donors (Lipinski definition) is 2. The van der Waals surface area contributed by atoms with Crippen molar-refractivity contribution < 1.29 is 33.1 Å². The number of aliphatic hydroxyl groups is 1. The molecular formula is C15H33NO6P+. The molecule has 0 aliphatic heterocycles. The number of nitrogens with zero attached hydrogens (tertiary/aromatic N) is 1. The van der Waals surface area contributed by atoms with Crippen LogP contribution in [0.4, 0.5) is 0 Å². The molecule has 0 fully saturated rings. The van der Waals surface area contributed by atoms with Crippen molar-refractivity contribution in [3.8, 4) is 0 Å². The molecule has 8 heteroatoms. The number of quaternary nitrogens is 1. The Kier molecular flexibility index (Phi) is 12.9. The fourth-order valence-corrected chi connectivity index (χ4v) is 2.41. The van der Waals surface area contributed by atoms with Gasteiger partial charge in [-0.2, -0.15) is 0 Å². The average Bonchev–Trinajstić information content (AvgIpc) is 2.48. The molecule has 2 unspecified atom stereocenters. The van der Waals surface area contributed by atoms with Gasteiger partial charge in [0.1, 0.15) is 12.7 Å². The minimum Gasteiger partial charge on any atom is -0.463 e. The van der Waals surface area contributed by atoms with Gasteiger partial charge in [0.2, 0.25) is 0 Å². The molecule has 0 amide bonds. The maximum absolute atomic E-state index is 11.5. The number of carbonyl (C=O) groups excluding carboxylic acids is 1. The highest BCUT2D eigenvalue weighted by molar-refractivity contribution is 7.40. The van der Waals surface area contributed by atoms with Gasteiger partial charge in [0, 0.05) is 6.42 Å². The second-order valence-corrected chi connectivity index (χ2v) is 7.58. The molecule has 0 rings (SSSR count). The Morgan fingerprint density at radius 3 is 2.35 bits per heavy atom. The molecule has 0 radical (unpaired) electrons. The number of unbranched alkanes of at least 4 members (excludes halogenated alkanes) is 4. The first-order chi connectivity index (χ1) is 10.7. The van der Waals surface area contributed by atoms with Crippen molar-refractivity contribution in [3.63, 3.8) is 0 Å². The third-order valence-electron chi connectivity index (χ3n) is 2.85. The zero-order valence-electron chi connectivity index (χ0n) is 14.9. The Morgan fingerprint density at radius 1 is 1.09 bits per heavy atom. The van der Waals surface area contributed by atoms with Gasteiger partial charge in [-0.1, -0.05) is 32.6 Å². The molecule has 0 saturated carbocycles. The quantitative estimate of drug-likeness (QED) is 0.163. The third-order valence-corrected chi connectivity index (χ3v) is 3.56. The molecule has 0 aromatic carbocycles. The van der Waals surface area contributed by atoms with E-state index in [0.29, 0.717) is 17.6 Å². The molecule has 0 bridgehead atoms. The number of hydrogen-bond acceptors (Lipinski definition) is 6. The minimum absolute atomic E-state index is 0.133. The maximum Gasteiger partial charge on any atom is 0.334 e. The summed E-state index contributed by atoms with van der Waals surface area (Å²) in [6.07, 6.45) is 4.72. The van der Waals surface area contributed by atoms with E-state index in [9.17, 15) is 14.8 Å². The third kappa shape index (κ3) is 16.3. The lowest BCUT2D eigenvalue weighted by Crippen LogP contribution is -2.36. The molecule has 7 nitrogen and oxygen atoms in total. The van der Waals surface area contributed by atoms with Crippen LogP contribution in [0.2, 0.25) is 0 Å². The number of aliphatic hydroxyl groups excluding tert-OH is 1. The van der Waals surface area contributed by atoms with Crippen LogP contribution in [-0.4, -0.2) is 67.6 Å². The average molecular weight is 354 g/mol. The zero-order chi connectivity index (χ0) is 17.7. The molecule has 0 aliphatic rings. The van der Waals surface area contributed by atoms with E-state index in [0.717, 1.165) is 19.3 Å². The van der Waals surface area contributed by atoms with Crippen molar-refractivity contribution in [1.29, 1.82) is 0 Å². The van der Waals surface area contributed by atoms with Crippen LogP contribution in [-0.2, 0) is 18.6 Å². The van der Waals surface area contributed by atoms with E-state index >= 15 is 0 Å². The number of rotatable bonds is 14. The van der Waals surface area contributed by atoms with Crippen LogP contribution in [0.25, 0.3) is 0 Å². The fraction of sp³-hybridized carbons (Fsp3) is 0.933. The van der Waals surface area contributed by atoms with Crippen LogP contribution in [0, 0.1) is 0 Å². The topological polar surface area (TPSA) is 85.2 Å². The van der Waals surface area contributed by atoms with Gasteiger partial charge >= 0.3 is 14.6 Å². The van der Waals surface area contributed by atoms with Crippen molar-refractivity contribution >= 4 is 14.6 Å². The molecular weight excluding hydrogens is 321 g/mol. The predicted octanol–water partition coefficient (Wildman–Crippen LogP) is 2.17. The molecule has 138 valence electrons. The Balaban J connectivity index is 3.62. The highest BCUT2D eigenvalue weighted by Crippen LogP contribution is 2.33. The van der Waals surface area contributed by atoms with E-state index < -0.39 is 14.7 Å². The standard InChI is InChI=1S/C15H33NO6P/c1-5-6-7-8-9-10-15(18)20-11-14(17)12-21-23(19)22-13-16(2,3)4/h14,17,19H,5-13H2,1-4H3/q+1. The monoisotopic (exact) mass is 354 g/mol. The molecule has 2 N–H and O–H groups in total. The molecule has 0 aromatic heterocycles. The highest BCUT2D eigenvalue weighted by atomic mass is 31.2.